The molecule has 3 N–H and O–H groups in total. The molecule has 1 aliphatic rings. The van der Waals surface area contributed by atoms with Crippen LogP contribution < -0.4 is 5.73 Å². The highest BCUT2D eigenvalue weighted by molar-refractivity contribution is 4.84. The maximum atomic E-state index is 9.84. The predicted octanol–water partition coefficient (Wildman–Crippen LogP) is -0.0767. The summed E-state index contributed by atoms with van der Waals surface area (Å²) in [6.45, 7) is 4.65. The van der Waals surface area contributed by atoms with Gasteiger partial charge in [0.15, 0.2) is 0 Å². The molecule has 0 spiro atoms. The van der Waals surface area contributed by atoms with Crippen LogP contribution in [0.15, 0.2) is 0 Å². The summed E-state index contributed by atoms with van der Waals surface area (Å²) in [4.78, 5) is 0. The van der Waals surface area contributed by atoms with Crippen LogP contribution in [-0.2, 0) is 18.9 Å². The molecule has 1 rings (SSSR count). The highest BCUT2D eigenvalue weighted by Crippen LogP contribution is 2.24. The SMILES string of the molecule is COCC(C)OCC(O)COC1(CN)CCOCC1. The van der Waals surface area contributed by atoms with E-state index in [0.717, 1.165) is 12.8 Å². The average molecular weight is 277 g/mol. The summed E-state index contributed by atoms with van der Waals surface area (Å²) in [5.41, 5.74) is 5.43. The lowest BCUT2D eigenvalue weighted by atomic mass is 9.94. The van der Waals surface area contributed by atoms with Gasteiger partial charge in [-0.1, -0.05) is 0 Å². The molecule has 6 nitrogen and oxygen atoms in total. The first-order valence-corrected chi connectivity index (χ1v) is 6.82. The Hall–Kier alpha value is -0.240. The van der Waals surface area contributed by atoms with Gasteiger partial charge in [-0.2, -0.15) is 0 Å². The Morgan fingerprint density at radius 1 is 1.26 bits per heavy atom. The second kappa shape index (κ2) is 8.84. The summed E-state index contributed by atoms with van der Waals surface area (Å²) in [6, 6.07) is 0. The Morgan fingerprint density at radius 2 is 1.95 bits per heavy atom. The Balaban J connectivity index is 2.22. The molecule has 0 aromatic heterocycles. The van der Waals surface area contributed by atoms with Crippen molar-refractivity contribution in [1.82, 2.24) is 0 Å². The number of ether oxygens (including phenoxy) is 4. The third-order valence-corrected chi connectivity index (χ3v) is 3.33. The fraction of sp³-hybridized carbons (Fsp3) is 1.00. The highest BCUT2D eigenvalue weighted by atomic mass is 16.5. The molecule has 0 bridgehead atoms. The van der Waals surface area contributed by atoms with Crippen molar-refractivity contribution in [1.29, 1.82) is 0 Å². The van der Waals surface area contributed by atoms with E-state index in [1.807, 2.05) is 6.92 Å². The van der Waals surface area contributed by atoms with E-state index in [0.29, 0.717) is 26.4 Å². The molecule has 2 unspecified atom stereocenters. The number of nitrogens with two attached hydrogens (primary N) is 1. The molecule has 1 saturated heterocycles. The molecule has 19 heavy (non-hydrogen) atoms. The normalized spacial score (nSPS) is 22.1. The first-order chi connectivity index (χ1) is 9.12. The summed E-state index contributed by atoms with van der Waals surface area (Å²) in [5.74, 6) is 0. The van der Waals surface area contributed by atoms with E-state index in [1.54, 1.807) is 7.11 Å². The van der Waals surface area contributed by atoms with Gasteiger partial charge in [0.1, 0.15) is 6.10 Å². The van der Waals surface area contributed by atoms with E-state index >= 15 is 0 Å². The third kappa shape index (κ3) is 6.16. The van der Waals surface area contributed by atoms with Crippen LogP contribution in [0, 0.1) is 0 Å². The van der Waals surface area contributed by atoms with Gasteiger partial charge in [0.2, 0.25) is 0 Å². The van der Waals surface area contributed by atoms with E-state index in [-0.39, 0.29) is 24.9 Å². The molecule has 0 amide bonds. The molecule has 6 heteroatoms. The largest absolute Gasteiger partial charge is 0.388 e. The van der Waals surface area contributed by atoms with Crippen molar-refractivity contribution in [2.24, 2.45) is 5.73 Å². The molecule has 0 aliphatic carbocycles. The Labute approximate surface area is 115 Å². The maximum Gasteiger partial charge on any atom is 0.101 e. The first kappa shape index (κ1) is 16.8. The van der Waals surface area contributed by atoms with E-state index in [4.69, 9.17) is 24.7 Å². The highest BCUT2D eigenvalue weighted by Gasteiger charge is 2.32. The lowest BCUT2D eigenvalue weighted by Crippen LogP contribution is -2.47. The molecule has 0 aromatic carbocycles. The zero-order valence-electron chi connectivity index (χ0n) is 12.0. The molecule has 1 heterocycles. The number of hydrogen-bond acceptors (Lipinski definition) is 6. The number of aliphatic hydroxyl groups excluding tert-OH is 1. The van der Waals surface area contributed by atoms with Gasteiger partial charge in [-0.05, 0) is 6.92 Å². The minimum absolute atomic E-state index is 0.0359. The van der Waals surface area contributed by atoms with Crippen molar-refractivity contribution in [3.05, 3.63) is 0 Å². The van der Waals surface area contributed by atoms with Crippen LogP contribution in [0.4, 0.5) is 0 Å². The molecular formula is C13H27NO5. The molecule has 0 radical (unpaired) electrons. The molecule has 1 aliphatic heterocycles. The van der Waals surface area contributed by atoms with Crippen LogP contribution in [0.2, 0.25) is 0 Å². The van der Waals surface area contributed by atoms with E-state index < -0.39 is 6.10 Å². The summed E-state index contributed by atoms with van der Waals surface area (Å²) in [5, 5.41) is 9.84. The maximum absolute atomic E-state index is 9.84. The van der Waals surface area contributed by atoms with E-state index in [9.17, 15) is 5.11 Å². The second-order valence-electron chi connectivity index (χ2n) is 5.06. The van der Waals surface area contributed by atoms with Crippen molar-refractivity contribution < 1.29 is 24.1 Å². The molecule has 1 fully saturated rings. The smallest absolute Gasteiger partial charge is 0.101 e. The Kier molecular flexibility index (Phi) is 7.82. The zero-order chi connectivity index (χ0) is 14.1. The minimum Gasteiger partial charge on any atom is -0.388 e. The van der Waals surface area contributed by atoms with Gasteiger partial charge in [-0.25, -0.2) is 0 Å². The first-order valence-electron chi connectivity index (χ1n) is 6.82. The van der Waals surface area contributed by atoms with Crippen molar-refractivity contribution in [3.63, 3.8) is 0 Å². The van der Waals surface area contributed by atoms with Gasteiger partial charge in [-0.15, -0.1) is 0 Å². The number of hydrogen-bond donors (Lipinski definition) is 2. The number of aliphatic hydroxyl groups is 1. The van der Waals surface area contributed by atoms with Crippen molar-refractivity contribution in [2.75, 3.05) is 46.7 Å². The third-order valence-electron chi connectivity index (χ3n) is 3.33. The van der Waals surface area contributed by atoms with Crippen LogP contribution in [0.5, 0.6) is 0 Å². The van der Waals surface area contributed by atoms with E-state index in [1.165, 1.54) is 0 Å². The van der Waals surface area contributed by atoms with Crippen molar-refractivity contribution in [2.45, 2.75) is 37.6 Å². The molecular weight excluding hydrogens is 250 g/mol. The summed E-state index contributed by atoms with van der Waals surface area (Å²) in [7, 11) is 1.62. The zero-order valence-corrected chi connectivity index (χ0v) is 12.0. The number of rotatable bonds is 9. The standard InChI is InChI=1S/C13H27NO5/c1-11(7-16-2)18-8-12(15)9-19-13(10-14)3-5-17-6-4-13/h11-12,15H,3-10,14H2,1-2H3. The quantitative estimate of drug-likeness (QED) is 0.613. The predicted molar refractivity (Wildman–Crippen MR) is 71.1 cm³/mol. The Morgan fingerprint density at radius 3 is 2.53 bits per heavy atom. The van der Waals surface area contributed by atoms with Gasteiger partial charge < -0.3 is 29.8 Å². The lowest BCUT2D eigenvalue weighted by molar-refractivity contribution is -0.136. The summed E-state index contributed by atoms with van der Waals surface area (Å²) < 4.78 is 21.5. The van der Waals surface area contributed by atoms with Gasteiger partial charge in [0, 0.05) is 39.7 Å². The number of methoxy groups -OCH3 is 1. The minimum atomic E-state index is -0.648. The van der Waals surface area contributed by atoms with Crippen LogP contribution in [0.1, 0.15) is 19.8 Å². The van der Waals surface area contributed by atoms with Crippen LogP contribution >= 0.6 is 0 Å². The van der Waals surface area contributed by atoms with Gasteiger partial charge >= 0.3 is 0 Å². The molecule has 0 saturated carbocycles. The summed E-state index contributed by atoms with van der Waals surface area (Å²) >= 11 is 0. The van der Waals surface area contributed by atoms with Crippen LogP contribution in [0.3, 0.4) is 0 Å². The van der Waals surface area contributed by atoms with Gasteiger partial charge in [-0.3, -0.25) is 0 Å². The topological polar surface area (TPSA) is 83.2 Å². The summed E-state index contributed by atoms with van der Waals surface area (Å²) in [6.07, 6.45) is 0.866. The monoisotopic (exact) mass is 277 g/mol. The lowest BCUT2D eigenvalue weighted by Gasteiger charge is -2.36. The molecule has 114 valence electrons. The Bertz CT molecular complexity index is 233. The van der Waals surface area contributed by atoms with Crippen molar-refractivity contribution in [3.8, 4) is 0 Å². The van der Waals surface area contributed by atoms with Crippen LogP contribution in [-0.4, -0.2) is 69.6 Å². The molecule has 0 aromatic rings. The van der Waals surface area contributed by atoms with E-state index in [2.05, 4.69) is 0 Å². The molecule has 2 atom stereocenters. The van der Waals surface area contributed by atoms with Crippen LogP contribution in [0.25, 0.3) is 0 Å². The van der Waals surface area contributed by atoms with Gasteiger partial charge in [0.05, 0.1) is 31.5 Å². The van der Waals surface area contributed by atoms with Gasteiger partial charge in [0.25, 0.3) is 0 Å². The van der Waals surface area contributed by atoms with Crippen molar-refractivity contribution >= 4 is 0 Å². The fourth-order valence-corrected chi connectivity index (χ4v) is 2.03. The second-order valence-corrected chi connectivity index (χ2v) is 5.06. The fourth-order valence-electron chi connectivity index (χ4n) is 2.03. The average Bonchev–Trinajstić information content (AvgIpc) is 2.44.